The van der Waals surface area contributed by atoms with Gasteiger partial charge in [0.2, 0.25) is 5.91 Å². The molecular formula is C47H93NO4. The van der Waals surface area contributed by atoms with Gasteiger partial charge in [0.25, 0.3) is 0 Å². The van der Waals surface area contributed by atoms with Crippen molar-refractivity contribution in [3.63, 3.8) is 0 Å². The van der Waals surface area contributed by atoms with Crippen LogP contribution < -0.4 is 5.32 Å². The van der Waals surface area contributed by atoms with E-state index in [1.807, 2.05) is 0 Å². The van der Waals surface area contributed by atoms with E-state index in [0.717, 1.165) is 32.1 Å². The van der Waals surface area contributed by atoms with E-state index in [1.54, 1.807) is 6.08 Å². The molecule has 0 aliphatic rings. The Hall–Kier alpha value is -0.910. The van der Waals surface area contributed by atoms with Crippen LogP contribution in [0.1, 0.15) is 258 Å². The zero-order chi connectivity index (χ0) is 38.0. The number of rotatable bonds is 43. The lowest BCUT2D eigenvalue weighted by Crippen LogP contribution is -2.45. The largest absolute Gasteiger partial charge is 0.394 e. The molecule has 0 spiro atoms. The predicted molar refractivity (Wildman–Crippen MR) is 227 cm³/mol. The monoisotopic (exact) mass is 736 g/mol. The highest BCUT2D eigenvalue weighted by molar-refractivity contribution is 5.76. The van der Waals surface area contributed by atoms with Crippen LogP contribution in [0.5, 0.6) is 0 Å². The van der Waals surface area contributed by atoms with Gasteiger partial charge in [-0.3, -0.25) is 4.79 Å². The first kappa shape index (κ1) is 51.1. The van der Waals surface area contributed by atoms with Crippen molar-refractivity contribution in [1.29, 1.82) is 0 Å². The lowest BCUT2D eigenvalue weighted by atomic mass is 10.0. The van der Waals surface area contributed by atoms with Gasteiger partial charge in [-0.15, -0.1) is 0 Å². The van der Waals surface area contributed by atoms with Gasteiger partial charge in [-0.1, -0.05) is 251 Å². The van der Waals surface area contributed by atoms with Crippen LogP contribution in [-0.4, -0.2) is 46.1 Å². The minimum Gasteiger partial charge on any atom is -0.394 e. The molecule has 310 valence electrons. The van der Waals surface area contributed by atoms with Crippen molar-refractivity contribution in [3.8, 4) is 0 Å². The second kappa shape index (κ2) is 42.8. The van der Waals surface area contributed by atoms with Gasteiger partial charge in [0.15, 0.2) is 0 Å². The maximum Gasteiger partial charge on any atom is 0.220 e. The molecule has 5 nitrogen and oxygen atoms in total. The van der Waals surface area contributed by atoms with Crippen LogP contribution >= 0.6 is 0 Å². The number of carbonyl (C=O) groups is 1. The van der Waals surface area contributed by atoms with E-state index in [0.29, 0.717) is 12.8 Å². The lowest BCUT2D eigenvalue weighted by Gasteiger charge is -2.20. The summed E-state index contributed by atoms with van der Waals surface area (Å²) >= 11 is 0. The molecule has 0 radical (unpaired) electrons. The summed E-state index contributed by atoms with van der Waals surface area (Å²) in [5, 5.41) is 33.2. The Bertz CT molecular complexity index is 728. The van der Waals surface area contributed by atoms with Crippen molar-refractivity contribution in [1.82, 2.24) is 5.32 Å². The van der Waals surface area contributed by atoms with Gasteiger partial charge >= 0.3 is 0 Å². The van der Waals surface area contributed by atoms with Crippen LogP contribution in [-0.2, 0) is 4.79 Å². The molecule has 0 heterocycles. The first-order valence-corrected chi connectivity index (χ1v) is 23.5. The van der Waals surface area contributed by atoms with Crippen molar-refractivity contribution in [2.75, 3.05) is 6.61 Å². The fourth-order valence-corrected chi connectivity index (χ4v) is 7.43. The fourth-order valence-electron chi connectivity index (χ4n) is 7.43. The standard InChI is InChI=1S/C47H93NO4/c1-3-5-7-9-11-13-15-16-17-18-19-20-21-22-23-24-25-26-27-28-29-30-32-34-36-38-40-47(52)48-45(43-49)46(51)42-41-44(50)39-37-35-33-31-14-12-10-8-6-4-2/h41-42,44-46,49-51H,3-40,43H2,1-2H3,(H,48,52)/b42-41+/t44-,45+,46-/m1/s1. The minimum absolute atomic E-state index is 0.123. The highest BCUT2D eigenvalue weighted by atomic mass is 16.3. The number of aliphatic hydroxyl groups is 3. The topological polar surface area (TPSA) is 89.8 Å². The highest BCUT2D eigenvalue weighted by Gasteiger charge is 2.18. The second-order valence-corrected chi connectivity index (χ2v) is 16.4. The van der Waals surface area contributed by atoms with Crippen LogP contribution in [0.25, 0.3) is 0 Å². The third-order valence-corrected chi connectivity index (χ3v) is 11.1. The van der Waals surface area contributed by atoms with E-state index in [4.69, 9.17) is 0 Å². The van der Waals surface area contributed by atoms with Crippen LogP contribution in [0.3, 0.4) is 0 Å². The number of hydrogen-bond donors (Lipinski definition) is 4. The maximum absolute atomic E-state index is 12.4. The van der Waals surface area contributed by atoms with Crippen molar-refractivity contribution < 1.29 is 20.1 Å². The Kier molecular flexibility index (Phi) is 42.1. The Morgan fingerprint density at radius 2 is 0.731 bits per heavy atom. The molecule has 0 aliphatic heterocycles. The van der Waals surface area contributed by atoms with E-state index < -0.39 is 18.2 Å². The number of carbonyl (C=O) groups excluding carboxylic acids is 1. The molecule has 0 aromatic carbocycles. The smallest absolute Gasteiger partial charge is 0.220 e. The van der Waals surface area contributed by atoms with Crippen molar-refractivity contribution >= 4 is 5.91 Å². The first-order chi connectivity index (χ1) is 25.5. The minimum atomic E-state index is -1.01. The number of unbranched alkanes of at least 4 members (excludes halogenated alkanes) is 34. The van der Waals surface area contributed by atoms with Crippen molar-refractivity contribution in [2.24, 2.45) is 0 Å². The molecular weight excluding hydrogens is 643 g/mol. The fraction of sp³-hybridized carbons (Fsp3) is 0.936. The average molecular weight is 736 g/mol. The van der Waals surface area contributed by atoms with E-state index in [-0.39, 0.29) is 12.5 Å². The molecule has 0 saturated carbocycles. The van der Waals surface area contributed by atoms with Crippen LogP contribution in [0.4, 0.5) is 0 Å². The molecule has 4 N–H and O–H groups in total. The Labute approximate surface area is 325 Å². The van der Waals surface area contributed by atoms with Gasteiger partial charge < -0.3 is 20.6 Å². The molecule has 1 amide bonds. The van der Waals surface area contributed by atoms with Gasteiger partial charge in [-0.05, 0) is 12.8 Å². The van der Waals surface area contributed by atoms with E-state index in [9.17, 15) is 20.1 Å². The normalized spacial score (nSPS) is 13.6. The lowest BCUT2D eigenvalue weighted by molar-refractivity contribution is -0.123. The summed E-state index contributed by atoms with van der Waals surface area (Å²) in [4.78, 5) is 12.4. The Balaban J connectivity index is 3.53. The van der Waals surface area contributed by atoms with E-state index in [2.05, 4.69) is 19.2 Å². The molecule has 0 rings (SSSR count). The molecule has 0 aromatic heterocycles. The molecule has 0 aliphatic carbocycles. The molecule has 52 heavy (non-hydrogen) atoms. The van der Waals surface area contributed by atoms with Crippen molar-refractivity contribution in [3.05, 3.63) is 12.2 Å². The summed E-state index contributed by atoms with van der Waals surface area (Å²) in [7, 11) is 0. The summed E-state index contributed by atoms with van der Waals surface area (Å²) < 4.78 is 0. The van der Waals surface area contributed by atoms with Crippen LogP contribution in [0.15, 0.2) is 12.2 Å². The van der Waals surface area contributed by atoms with Crippen LogP contribution in [0, 0.1) is 0 Å². The number of amides is 1. The summed E-state index contributed by atoms with van der Waals surface area (Å²) in [6, 6.07) is -0.739. The first-order valence-electron chi connectivity index (χ1n) is 23.5. The summed E-state index contributed by atoms with van der Waals surface area (Å²) in [5.74, 6) is -0.123. The predicted octanol–water partition coefficient (Wildman–Crippen LogP) is 13.6. The Morgan fingerprint density at radius 1 is 0.442 bits per heavy atom. The zero-order valence-corrected chi connectivity index (χ0v) is 35.2. The number of nitrogens with one attached hydrogen (secondary N) is 1. The molecule has 0 fully saturated rings. The summed E-state index contributed by atoms with van der Waals surface area (Å²) in [6.07, 6.45) is 50.7. The second-order valence-electron chi connectivity index (χ2n) is 16.4. The molecule has 0 unspecified atom stereocenters. The molecule has 0 aromatic rings. The molecule has 0 bridgehead atoms. The van der Waals surface area contributed by atoms with Crippen molar-refractivity contribution in [2.45, 2.75) is 276 Å². The third kappa shape index (κ3) is 38.8. The molecule has 3 atom stereocenters. The van der Waals surface area contributed by atoms with Gasteiger partial charge in [0.05, 0.1) is 24.9 Å². The Morgan fingerprint density at radius 3 is 1.04 bits per heavy atom. The average Bonchev–Trinajstić information content (AvgIpc) is 3.15. The summed E-state index contributed by atoms with van der Waals surface area (Å²) in [6.45, 7) is 4.22. The van der Waals surface area contributed by atoms with Gasteiger partial charge in [0.1, 0.15) is 0 Å². The SMILES string of the molecule is CCCCCCCCCCCCCCCCCCCCCCCCCCCCC(=O)N[C@@H](CO)[C@H](O)/C=C/[C@H](O)CCCCCCCCCCCC. The van der Waals surface area contributed by atoms with Gasteiger partial charge in [-0.2, -0.15) is 0 Å². The van der Waals surface area contributed by atoms with Gasteiger partial charge in [-0.25, -0.2) is 0 Å². The molecule has 5 heteroatoms. The zero-order valence-electron chi connectivity index (χ0n) is 35.2. The quantitative estimate of drug-likeness (QED) is 0.0371. The number of aliphatic hydroxyl groups excluding tert-OH is 3. The molecule has 0 saturated heterocycles. The van der Waals surface area contributed by atoms with Crippen LogP contribution in [0.2, 0.25) is 0 Å². The third-order valence-electron chi connectivity index (χ3n) is 11.1. The van der Waals surface area contributed by atoms with E-state index >= 15 is 0 Å². The number of hydrogen-bond acceptors (Lipinski definition) is 4. The summed E-state index contributed by atoms with van der Waals surface area (Å²) in [5.41, 5.74) is 0. The highest BCUT2D eigenvalue weighted by Crippen LogP contribution is 2.17. The van der Waals surface area contributed by atoms with E-state index in [1.165, 1.54) is 205 Å². The van der Waals surface area contributed by atoms with Gasteiger partial charge in [0, 0.05) is 6.42 Å². The maximum atomic E-state index is 12.4.